The van der Waals surface area contributed by atoms with Crippen LogP contribution in [0.15, 0.2) is 67.3 Å². The fourth-order valence-corrected chi connectivity index (χ4v) is 5.56. The lowest BCUT2D eigenvalue weighted by atomic mass is 9.81. The van der Waals surface area contributed by atoms with E-state index in [0.717, 1.165) is 18.8 Å². The molecule has 2 heterocycles. The highest BCUT2D eigenvalue weighted by atomic mass is 32.2. The average molecular weight is 398 g/mol. The third kappa shape index (κ3) is 3.60. The Morgan fingerprint density at radius 2 is 2.04 bits per heavy atom. The first-order valence-electron chi connectivity index (χ1n) is 9.46. The molecule has 4 nitrogen and oxygen atoms in total. The summed E-state index contributed by atoms with van der Waals surface area (Å²) >= 11 is 1.66. The quantitative estimate of drug-likeness (QED) is 0.761. The molecule has 1 unspecified atom stereocenters. The van der Waals surface area contributed by atoms with Crippen molar-refractivity contribution in [3.8, 4) is 0 Å². The van der Waals surface area contributed by atoms with Gasteiger partial charge in [-0.3, -0.25) is 15.0 Å². The van der Waals surface area contributed by atoms with Crippen molar-refractivity contribution in [2.24, 2.45) is 5.92 Å². The summed E-state index contributed by atoms with van der Waals surface area (Å²) in [6.07, 6.45) is 1.88. The first-order chi connectivity index (χ1) is 13.6. The SMILES string of the molecule is C=CCN1C[C@H]2CSC(NC(=O)c3ccccc3)N[C@@]2(c2ccccc2F)C1. The first kappa shape index (κ1) is 19.2. The van der Waals surface area contributed by atoms with Crippen LogP contribution in [0.1, 0.15) is 15.9 Å². The number of thioether (sulfide) groups is 1. The van der Waals surface area contributed by atoms with Crippen LogP contribution in [0.5, 0.6) is 0 Å². The van der Waals surface area contributed by atoms with Crippen LogP contribution in [0, 0.1) is 11.7 Å². The maximum Gasteiger partial charge on any atom is 0.253 e. The average Bonchev–Trinajstić information content (AvgIpc) is 3.07. The van der Waals surface area contributed by atoms with Crippen molar-refractivity contribution in [3.05, 3.63) is 84.2 Å². The molecule has 2 aromatic carbocycles. The van der Waals surface area contributed by atoms with E-state index in [2.05, 4.69) is 22.1 Å². The van der Waals surface area contributed by atoms with Gasteiger partial charge in [0.25, 0.3) is 5.91 Å². The van der Waals surface area contributed by atoms with E-state index in [0.29, 0.717) is 17.7 Å². The molecule has 6 heteroatoms. The molecule has 2 aromatic rings. The third-order valence-corrected chi connectivity index (χ3v) is 6.71. The van der Waals surface area contributed by atoms with Crippen LogP contribution in [-0.4, -0.2) is 41.7 Å². The number of likely N-dealkylation sites (tertiary alicyclic amines) is 1. The molecule has 2 fully saturated rings. The van der Waals surface area contributed by atoms with Crippen molar-refractivity contribution in [3.63, 3.8) is 0 Å². The Balaban J connectivity index is 1.60. The molecule has 3 atom stereocenters. The minimum Gasteiger partial charge on any atom is -0.328 e. The number of benzene rings is 2. The number of hydrogen-bond acceptors (Lipinski definition) is 4. The van der Waals surface area contributed by atoms with Gasteiger partial charge in [-0.25, -0.2) is 4.39 Å². The van der Waals surface area contributed by atoms with E-state index in [-0.39, 0.29) is 23.1 Å². The minimum absolute atomic E-state index is 0.131. The first-order valence-corrected chi connectivity index (χ1v) is 10.5. The van der Waals surface area contributed by atoms with E-state index in [1.165, 1.54) is 6.07 Å². The summed E-state index contributed by atoms with van der Waals surface area (Å²) < 4.78 is 14.8. The van der Waals surface area contributed by atoms with Crippen molar-refractivity contribution in [2.45, 2.75) is 11.0 Å². The second kappa shape index (κ2) is 8.07. The van der Waals surface area contributed by atoms with Crippen LogP contribution >= 0.6 is 11.8 Å². The topological polar surface area (TPSA) is 44.4 Å². The van der Waals surface area contributed by atoms with Gasteiger partial charge in [-0.2, -0.15) is 0 Å². The second-order valence-corrected chi connectivity index (χ2v) is 8.47. The summed E-state index contributed by atoms with van der Waals surface area (Å²) in [5.74, 6) is 0.753. The number of carbonyl (C=O) groups is 1. The smallest absolute Gasteiger partial charge is 0.253 e. The molecule has 2 N–H and O–H groups in total. The summed E-state index contributed by atoms with van der Waals surface area (Å²) in [5, 5.41) is 6.65. The van der Waals surface area contributed by atoms with Crippen LogP contribution in [0.3, 0.4) is 0 Å². The summed E-state index contributed by atoms with van der Waals surface area (Å²) in [6, 6.07) is 16.1. The Morgan fingerprint density at radius 1 is 1.29 bits per heavy atom. The number of nitrogens with one attached hydrogen (secondary N) is 2. The Hall–Kier alpha value is -2.15. The fraction of sp³-hybridized carbons (Fsp3) is 0.318. The van der Waals surface area contributed by atoms with Gasteiger partial charge in [0, 0.05) is 42.4 Å². The molecule has 0 aliphatic carbocycles. The summed E-state index contributed by atoms with van der Waals surface area (Å²) in [4.78, 5) is 14.9. The molecule has 28 heavy (non-hydrogen) atoms. The second-order valence-electron chi connectivity index (χ2n) is 7.33. The van der Waals surface area contributed by atoms with Crippen LogP contribution in [0.4, 0.5) is 4.39 Å². The fourth-order valence-electron chi connectivity index (χ4n) is 4.26. The maximum absolute atomic E-state index is 14.8. The molecule has 0 bridgehead atoms. The molecule has 4 rings (SSSR count). The largest absolute Gasteiger partial charge is 0.328 e. The standard InChI is InChI=1S/C22H24FN3OS/c1-2-12-26-13-17-14-28-21(24-20(27)16-8-4-3-5-9-16)25-22(17,15-26)18-10-6-7-11-19(18)23/h2-11,17,21,25H,1,12-15H2,(H,24,27)/t17-,21?,22-/m0/s1. The van der Waals surface area contributed by atoms with Crippen LogP contribution in [-0.2, 0) is 5.54 Å². The molecule has 0 aromatic heterocycles. The van der Waals surface area contributed by atoms with Crippen molar-refractivity contribution in [1.29, 1.82) is 0 Å². The number of carbonyl (C=O) groups excluding carboxylic acids is 1. The molecule has 2 saturated heterocycles. The molecule has 2 aliphatic rings. The van der Waals surface area contributed by atoms with E-state index in [4.69, 9.17) is 0 Å². The zero-order valence-corrected chi connectivity index (χ0v) is 16.4. The number of amides is 1. The number of nitrogens with zero attached hydrogens (tertiary/aromatic N) is 1. The Kier molecular flexibility index (Phi) is 5.53. The molecule has 2 aliphatic heterocycles. The zero-order valence-electron chi connectivity index (χ0n) is 15.6. The molecule has 1 amide bonds. The number of fused-ring (bicyclic) bond motifs is 1. The normalized spacial score (nSPS) is 27.2. The van der Waals surface area contributed by atoms with E-state index < -0.39 is 5.54 Å². The van der Waals surface area contributed by atoms with Crippen LogP contribution in [0.25, 0.3) is 0 Å². The van der Waals surface area contributed by atoms with Gasteiger partial charge in [-0.15, -0.1) is 18.3 Å². The molecular weight excluding hydrogens is 373 g/mol. The highest BCUT2D eigenvalue weighted by molar-refractivity contribution is 7.99. The highest BCUT2D eigenvalue weighted by Crippen LogP contribution is 2.44. The number of halogens is 1. The third-order valence-electron chi connectivity index (χ3n) is 5.54. The summed E-state index contributed by atoms with van der Waals surface area (Å²) in [5.41, 5.74) is 0.471. The lowest BCUT2D eigenvalue weighted by Crippen LogP contribution is -2.61. The zero-order chi connectivity index (χ0) is 19.6. The monoisotopic (exact) mass is 397 g/mol. The molecule has 146 valence electrons. The molecular formula is C22H24FN3OS. The maximum atomic E-state index is 14.8. The van der Waals surface area contributed by atoms with Crippen molar-refractivity contribution < 1.29 is 9.18 Å². The number of rotatable bonds is 5. The molecule has 0 spiro atoms. The van der Waals surface area contributed by atoms with E-state index in [9.17, 15) is 9.18 Å². The van der Waals surface area contributed by atoms with E-state index >= 15 is 0 Å². The van der Waals surface area contributed by atoms with Gasteiger partial charge in [0.2, 0.25) is 0 Å². The predicted octanol–water partition coefficient (Wildman–Crippen LogP) is 3.19. The van der Waals surface area contributed by atoms with E-state index in [1.54, 1.807) is 30.0 Å². The summed E-state index contributed by atoms with van der Waals surface area (Å²) in [7, 11) is 0. The van der Waals surface area contributed by atoms with Crippen molar-refractivity contribution in [1.82, 2.24) is 15.5 Å². The van der Waals surface area contributed by atoms with Gasteiger partial charge in [-0.1, -0.05) is 42.5 Å². The van der Waals surface area contributed by atoms with Gasteiger partial charge >= 0.3 is 0 Å². The van der Waals surface area contributed by atoms with E-state index in [1.807, 2.05) is 36.4 Å². The predicted molar refractivity (Wildman–Crippen MR) is 111 cm³/mol. The van der Waals surface area contributed by atoms with Gasteiger partial charge < -0.3 is 5.32 Å². The Morgan fingerprint density at radius 3 is 2.79 bits per heavy atom. The van der Waals surface area contributed by atoms with Gasteiger partial charge in [-0.05, 0) is 18.2 Å². The Bertz CT molecular complexity index is 862. The van der Waals surface area contributed by atoms with Crippen molar-refractivity contribution >= 4 is 17.7 Å². The van der Waals surface area contributed by atoms with Crippen LogP contribution in [0.2, 0.25) is 0 Å². The van der Waals surface area contributed by atoms with Gasteiger partial charge in [0.05, 0.1) is 5.54 Å². The van der Waals surface area contributed by atoms with Crippen molar-refractivity contribution in [2.75, 3.05) is 25.4 Å². The lowest BCUT2D eigenvalue weighted by molar-refractivity contribution is 0.0932. The summed E-state index contributed by atoms with van der Waals surface area (Å²) in [6.45, 7) is 6.17. The van der Waals surface area contributed by atoms with Gasteiger partial charge in [0.1, 0.15) is 11.3 Å². The van der Waals surface area contributed by atoms with Gasteiger partial charge in [0.15, 0.2) is 0 Å². The number of hydrogen-bond donors (Lipinski definition) is 2. The van der Waals surface area contributed by atoms with Crippen LogP contribution < -0.4 is 10.6 Å². The minimum atomic E-state index is -0.533. The lowest BCUT2D eigenvalue weighted by Gasteiger charge is -2.44. The molecule has 0 saturated carbocycles. The molecule has 0 radical (unpaired) electrons. The Labute approximate surface area is 169 Å². The highest BCUT2D eigenvalue weighted by Gasteiger charge is 2.52.